The van der Waals surface area contributed by atoms with E-state index >= 15 is 0 Å². The molecule has 1 aliphatic heterocycles. The van der Waals surface area contributed by atoms with E-state index in [9.17, 15) is 9.90 Å². The van der Waals surface area contributed by atoms with E-state index in [1.54, 1.807) is 11.2 Å². The highest BCUT2D eigenvalue weighted by Crippen LogP contribution is 2.23. The van der Waals surface area contributed by atoms with E-state index in [-0.39, 0.29) is 18.7 Å². The Morgan fingerprint density at radius 3 is 3.05 bits per heavy atom. The number of anilines is 1. The summed E-state index contributed by atoms with van der Waals surface area (Å²) in [6, 6.07) is 10.6. The molecule has 6 heteroatoms. The summed E-state index contributed by atoms with van der Waals surface area (Å²) < 4.78 is 10.6. The van der Waals surface area contributed by atoms with Gasteiger partial charge in [0.25, 0.3) is 0 Å². The highest BCUT2D eigenvalue weighted by Gasteiger charge is 2.26. The van der Waals surface area contributed by atoms with Gasteiger partial charge in [-0.05, 0) is 24.3 Å². The summed E-state index contributed by atoms with van der Waals surface area (Å²) >= 11 is 0. The monoisotopic (exact) mass is 302 g/mol. The highest BCUT2D eigenvalue weighted by molar-refractivity contribution is 5.90. The third-order valence-electron chi connectivity index (χ3n) is 3.62. The Hall–Kier alpha value is -2.31. The van der Waals surface area contributed by atoms with Crippen LogP contribution in [0, 0.1) is 0 Å². The van der Waals surface area contributed by atoms with Gasteiger partial charge in [0.2, 0.25) is 0 Å². The first-order chi connectivity index (χ1) is 10.8. The summed E-state index contributed by atoms with van der Waals surface area (Å²) in [6.07, 6.45) is 1.61. The molecule has 0 radical (unpaired) electrons. The number of morpholine rings is 1. The molecule has 2 N–H and O–H groups in total. The van der Waals surface area contributed by atoms with Crippen LogP contribution in [0.15, 0.2) is 47.1 Å². The molecule has 1 fully saturated rings. The maximum absolute atomic E-state index is 12.4. The first kappa shape index (κ1) is 14.6. The Kier molecular flexibility index (Phi) is 4.41. The largest absolute Gasteiger partial charge is 0.464 e. The number of benzene rings is 1. The van der Waals surface area contributed by atoms with Crippen molar-refractivity contribution in [3.63, 3.8) is 0 Å². The van der Waals surface area contributed by atoms with E-state index in [0.29, 0.717) is 25.4 Å². The van der Waals surface area contributed by atoms with Gasteiger partial charge >= 0.3 is 6.03 Å². The summed E-state index contributed by atoms with van der Waals surface area (Å²) in [6.45, 7) is 1.20. The summed E-state index contributed by atoms with van der Waals surface area (Å²) in [7, 11) is 0. The summed E-state index contributed by atoms with van der Waals surface area (Å²) in [5.41, 5.74) is 1.57. The Bertz CT molecular complexity index is 627. The minimum Gasteiger partial charge on any atom is -0.464 e. The number of nitrogens with one attached hydrogen (secondary N) is 1. The van der Waals surface area contributed by atoms with E-state index in [0.717, 1.165) is 11.3 Å². The van der Waals surface area contributed by atoms with Crippen LogP contribution in [-0.2, 0) is 4.74 Å². The molecule has 0 aliphatic carbocycles. The molecule has 1 aromatic carbocycles. The predicted molar refractivity (Wildman–Crippen MR) is 81.6 cm³/mol. The zero-order valence-electron chi connectivity index (χ0n) is 12.1. The van der Waals surface area contributed by atoms with Gasteiger partial charge < -0.3 is 24.5 Å². The van der Waals surface area contributed by atoms with Gasteiger partial charge in [0.1, 0.15) is 5.76 Å². The third kappa shape index (κ3) is 3.13. The number of aliphatic hydroxyl groups excluding tert-OH is 1. The zero-order chi connectivity index (χ0) is 15.4. The SMILES string of the molecule is O=C(Nc1cccc(-c2ccco2)c1)N1CCOC[C@H]1CO. The third-order valence-corrected chi connectivity index (χ3v) is 3.62. The molecule has 6 nitrogen and oxygen atoms in total. The average molecular weight is 302 g/mol. The number of carbonyl (C=O) groups is 1. The number of ether oxygens (including phenoxy) is 1. The molecule has 0 saturated carbocycles. The van der Waals surface area contributed by atoms with Crippen LogP contribution in [0.4, 0.5) is 10.5 Å². The van der Waals surface area contributed by atoms with Crippen molar-refractivity contribution in [3.8, 4) is 11.3 Å². The maximum Gasteiger partial charge on any atom is 0.322 e. The molecular weight excluding hydrogens is 284 g/mol. The number of rotatable bonds is 3. The minimum absolute atomic E-state index is 0.111. The van der Waals surface area contributed by atoms with Crippen LogP contribution >= 0.6 is 0 Å². The minimum atomic E-state index is -0.304. The van der Waals surface area contributed by atoms with E-state index in [1.165, 1.54) is 0 Å². The van der Waals surface area contributed by atoms with Crippen molar-refractivity contribution < 1.29 is 19.1 Å². The molecule has 116 valence electrons. The van der Waals surface area contributed by atoms with E-state index in [4.69, 9.17) is 9.15 Å². The number of aliphatic hydroxyl groups is 1. The fourth-order valence-corrected chi connectivity index (χ4v) is 2.46. The quantitative estimate of drug-likeness (QED) is 0.911. The normalized spacial score (nSPS) is 18.2. The van der Waals surface area contributed by atoms with Gasteiger partial charge in [0.15, 0.2) is 0 Å². The Morgan fingerprint density at radius 1 is 1.36 bits per heavy atom. The van der Waals surface area contributed by atoms with E-state index < -0.39 is 0 Å². The van der Waals surface area contributed by atoms with Crippen LogP contribution < -0.4 is 5.32 Å². The second-order valence-electron chi connectivity index (χ2n) is 5.09. The van der Waals surface area contributed by atoms with Crippen LogP contribution in [0.2, 0.25) is 0 Å². The molecule has 22 heavy (non-hydrogen) atoms. The van der Waals surface area contributed by atoms with Gasteiger partial charge in [0, 0.05) is 17.8 Å². The van der Waals surface area contributed by atoms with Crippen LogP contribution in [-0.4, -0.2) is 48.4 Å². The molecule has 1 aliphatic rings. The standard InChI is InChI=1S/C16H18N2O4/c19-10-14-11-21-8-6-18(14)16(20)17-13-4-1-3-12(9-13)15-5-2-7-22-15/h1-5,7,9,14,19H,6,8,10-11H2,(H,17,20)/t14-/m1/s1. The van der Waals surface area contributed by atoms with Crippen LogP contribution in [0.3, 0.4) is 0 Å². The predicted octanol–water partition coefficient (Wildman–Crippen LogP) is 2.17. The molecule has 3 rings (SSSR count). The molecule has 2 amide bonds. The van der Waals surface area contributed by atoms with Crippen LogP contribution in [0.5, 0.6) is 0 Å². The second kappa shape index (κ2) is 6.64. The molecule has 1 saturated heterocycles. The number of amides is 2. The van der Waals surface area contributed by atoms with Crippen molar-refractivity contribution >= 4 is 11.7 Å². The van der Waals surface area contributed by atoms with Gasteiger partial charge in [-0.25, -0.2) is 4.79 Å². The molecule has 0 spiro atoms. The first-order valence-corrected chi connectivity index (χ1v) is 7.18. The molecule has 2 aromatic rings. The lowest BCUT2D eigenvalue weighted by Crippen LogP contribution is -2.52. The Labute approximate surface area is 128 Å². The fourth-order valence-electron chi connectivity index (χ4n) is 2.46. The lowest BCUT2D eigenvalue weighted by atomic mass is 10.1. The number of carbonyl (C=O) groups excluding carboxylic acids is 1. The first-order valence-electron chi connectivity index (χ1n) is 7.18. The van der Waals surface area contributed by atoms with Gasteiger partial charge in [0.05, 0.1) is 32.1 Å². The van der Waals surface area contributed by atoms with Gasteiger partial charge in [-0.15, -0.1) is 0 Å². The number of urea groups is 1. The van der Waals surface area contributed by atoms with Crippen molar-refractivity contribution in [3.05, 3.63) is 42.7 Å². The van der Waals surface area contributed by atoms with Crippen molar-refractivity contribution in [2.75, 3.05) is 31.7 Å². The van der Waals surface area contributed by atoms with E-state index in [2.05, 4.69) is 5.32 Å². The summed E-state index contributed by atoms with van der Waals surface area (Å²) in [4.78, 5) is 14.0. The fraction of sp³-hybridized carbons (Fsp3) is 0.312. The lowest BCUT2D eigenvalue weighted by molar-refractivity contribution is -0.00485. The second-order valence-corrected chi connectivity index (χ2v) is 5.09. The lowest BCUT2D eigenvalue weighted by Gasteiger charge is -2.34. The molecule has 2 heterocycles. The summed E-state index contributed by atoms with van der Waals surface area (Å²) in [5.74, 6) is 0.746. The van der Waals surface area contributed by atoms with Crippen molar-refractivity contribution in [2.24, 2.45) is 0 Å². The van der Waals surface area contributed by atoms with Crippen LogP contribution in [0.1, 0.15) is 0 Å². The van der Waals surface area contributed by atoms with Gasteiger partial charge in [-0.2, -0.15) is 0 Å². The molecule has 0 bridgehead atoms. The average Bonchev–Trinajstić information content (AvgIpc) is 3.09. The molecular formula is C16H18N2O4. The van der Waals surface area contributed by atoms with E-state index in [1.807, 2.05) is 36.4 Å². The maximum atomic E-state index is 12.4. The number of hydrogen-bond acceptors (Lipinski definition) is 4. The zero-order valence-corrected chi connectivity index (χ0v) is 12.1. The molecule has 1 aromatic heterocycles. The van der Waals surface area contributed by atoms with Crippen LogP contribution in [0.25, 0.3) is 11.3 Å². The highest BCUT2D eigenvalue weighted by atomic mass is 16.5. The van der Waals surface area contributed by atoms with Gasteiger partial charge in [-0.3, -0.25) is 0 Å². The number of furan rings is 1. The number of nitrogens with zero attached hydrogens (tertiary/aromatic N) is 1. The van der Waals surface area contributed by atoms with Crippen molar-refractivity contribution in [2.45, 2.75) is 6.04 Å². The Morgan fingerprint density at radius 2 is 2.27 bits per heavy atom. The van der Waals surface area contributed by atoms with Gasteiger partial charge in [-0.1, -0.05) is 12.1 Å². The molecule has 0 unspecified atom stereocenters. The molecule has 1 atom stereocenters. The number of hydrogen-bond donors (Lipinski definition) is 2. The van der Waals surface area contributed by atoms with Crippen molar-refractivity contribution in [1.29, 1.82) is 0 Å². The topological polar surface area (TPSA) is 74.9 Å². The summed E-state index contributed by atoms with van der Waals surface area (Å²) in [5, 5.41) is 12.2. The smallest absolute Gasteiger partial charge is 0.322 e. The Balaban J connectivity index is 1.72. The van der Waals surface area contributed by atoms with Crippen molar-refractivity contribution in [1.82, 2.24) is 4.90 Å².